The number of hydrogen-bond donors (Lipinski definition) is 1. The largest absolute Gasteiger partial charge is 0.352 e. The number of benzene rings is 4. The predicted molar refractivity (Wildman–Crippen MR) is 174 cm³/mol. The summed E-state index contributed by atoms with van der Waals surface area (Å²) in [7, 11) is -3.71. The molecule has 6 rings (SSSR count). The fourth-order valence-corrected chi connectivity index (χ4v) is 8.36. The Morgan fingerprint density at radius 1 is 0.909 bits per heavy atom. The number of sulfonamides is 1. The SMILES string of the molecule is Cc1ccccc1CN(C(=O)CCCN1c2cccc3cccc(c23)S1(=O)=O)[C@H](Cc1ccccc1)C(=O)NC1CCCC1. The zero-order valence-electron chi connectivity index (χ0n) is 25.1. The molecule has 0 spiro atoms. The molecule has 1 aliphatic heterocycles. The fourth-order valence-electron chi connectivity index (χ4n) is 6.61. The first-order valence-electron chi connectivity index (χ1n) is 15.6. The molecule has 4 aromatic rings. The van der Waals surface area contributed by atoms with E-state index in [1.54, 1.807) is 17.0 Å². The number of nitrogens with one attached hydrogen (secondary N) is 1. The molecule has 0 unspecified atom stereocenters. The first-order valence-corrected chi connectivity index (χ1v) is 17.0. The van der Waals surface area contributed by atoms with E-state index in [0.717, 1.165) is 53.1 Å². The molecule has 0 radical (unpaired) electrons. The normalized spacial score (nSPS) is 16.2. The smallest absolute Gasteiger partial charge is 0.265 e. The van der Waals surface area contributed by atoms with Crippen molar-refractivity contribution in [2.75, 3.05) is 10.8 Å². The molecular formula is C36H39N3O4S. The molecule has 8 heteroatoms. The maximum Gasteiger partial charge on any atom is 0.265 e. The number of carbonyl (C=O) groups is 2. The van der Waals surface area contributed by atoms with Crippen LogP contribution in [0.4, 0.5) is 5.69 Å². The van der Waals surface area contributed by atoms with E-state index in [2.05, 4.69) is 5.32 Å². The molecule has 4 aromatic carbocycles. The van der Waals surface area contributed by atoms with E-state index in [4.69, 9.17) is 0 Å². The van der Waals surface area contributed by atoms with Crippen LogP contribution in [0.25, 0.3) is 10.8 Å². The van der Waals surface area contributed by atoms with Crippen LogP contribution in [0.5, 0.6) is 0 Å². The molecule has 2 aliphatic rings. The van der Waals surface area contributed by atoms with Crippen LogP contribution >= 0.6 is 0 Å². The molecule has 0 saturated heterocycles. The van der Waals surface area contributed by atoms with Crippen LogP contribution < -0.4 is 9.62 Å². The van der Waals surface area contributed by atoms with E-state index >= 15 is 0 Å². The lowest BCUT2D eigenvalue weighted by molar-refractivity contribution is -0.141. The summed E-state index contributed by atoms with van der Waals surface area (Å²) in [6.07, 6.45) is 4.94. The Kier molecular flexibility index (Phi) is 8.71. The first kappa shape index (κ1) is 29.9. The summed E-state index contributed by atoms with van der Waals surface area (Å²) in [5.41, 5.74) is 3.67. The van der Waals surface area contributed by atoms with Crippen LogP contribution in [-0.4, -0.2) is 43.8 Å². The third-order valence-electron chi connectivity index (χ3n) is 9.01. The van der Waals surface area contributed by atoms with E-state index in [9.17, 15) is 18.0 Å². The van der Waals surface area contributed by atoms with Crippen LogP contribution in [0.1, 0.15) is 55.2 Å². The Balaban J connectivity index is 1.25. The minimum atomic E-state index is -3.71. The summed E-state index contributed by atoms with van der Waals surface area (Å²) in [5.74, 6) is -0.296. The number of amides is 2. The number of carbonyl (C=O) groups excluding carboxylic acids is 2. The highest BCUT2D eigenvalue weighted by atomic mass is 32.2. The van der Waals surface area contributed by atoms with Gasteiger partial charge in [0, 0.05) is 37.4 Å². The van der Waals surface area contributed by atoms with E-state index in [0.29, 0.717) is 30.0 Å². The average Bonchev–Trinajstić information content (AvgIpc) is 3.61. The highest BCUT2D eigenvalue weighted by molar-refractivity contribution is 7.93. The van der Waals surface area contributed by atoms with Crippen molar-refractivity contribution in [2.45, 2.75) is 75.4 Å². The molecule has 0 bridgehead atoms. The summed E-state index contributed by atoms with van der Waals surface area (Å²) in [6.45, 7) is 2.49. The second kappa shape index (κ2) is 12.8. The minimum absolute atomic E-state index is 0.117. The van der Waals surface area contributed by atoms with Gasteiger partial charge in [0.2, 0.25) is 11.8 Å². The lowest BCUT2D eigenvalue weighted by Crippen LogP contribution is -2.52. The van der Waals surface area contributed by atoms with Gasteiger partial charge in [0.05, 0.1) is 10.6 Å². The molecule has 1 atom stereocenters. The lowest BCUT2D eigenvalue weighted by Gasteiger charge is -2.33. The Labute approximate surface area is 259 Å². The molecule has 228 valence electrons. The summed E-state index contributed by atoms with van der Waals surface area (Å²) < 4.78 is 28.4. The van der Waals surface area contributed by atoms with Crippen LogP contribution in [0.3, 0.4) is 0 Å². The summed E-state index contributed by atoms with van der Waals surface area (Å²) in [5, 5.41) is 4.86. The average molecular weight is 610 g/mol. The Morgan fingerprint density at radius 3 is 2.36 bits per heavy atom. The fraction of sp³-hybridized carbons (Fsp3) is 0.333. The van der Waals surface area contributed by atoms with Gasteiger partial charge in [-0.25, -0.2) is 8.42 Å². The molecular weight excluding hydrogens is 570 g/mol. The Bertz CT molecular complexity index is 1760. The highest BCUT2D eigenvalue weighted by Gasteiger charge is 2.36. The summed E-state index contributed by atoms with van der Waals surface area (Å²) in [6, 6.07) is 28.1. The molecule has 2 amide bonds. The van der Waals surface area contributed by atoms with Gasteiger partial charge in [0.25, 0.3) is 10.0 Å². The maximum absolute atomic E-state index is 14.2. The second-order valence-electron chi connectivity index (χ2n) is 12.0. The van der Waals surface area contributed by atoms with Crippen molar-refractivity contribution < 1.29 is 18.0 Å². The molecule has 44 heavy (non-hydrogen) atoms. The zero-order valence-corrected chi connectivity index (χ0v) is 25.9. The van der Waals surface area contributed by atoms with Gasteiger partial charge in [-0.2, -0.15) is 0 Å². The van der Waals surface area contributed by atoms with Crippen LogP contribution in [0.15, 0.2) is 95.9 Å². The standard InChI is InChI=1S/C36H39N3O4S/c1-26-12-5-6-15-29(26)25-38(32(24-27-13-3-2-4-14-27)36(41)37-30-18-7-8-19-30)34(40)22-11-23-39-31-20-9-16-28-17-10-21-33(35(28)31)44(39,42)43/h2-6,9-10,12-17,20-21,30,32H,7-8,11,18-19,22-25H2,1H3,(H,37,41)/t32-/m1/s1. The summed E-state index contributed by atoms with van der Waals surface area (Å²) >= 11 is 0. The summed E-state index contributed by atoms with van der Waals surface area (Å²) in [4.78, 5) is 30.1. The third-order valence-corrected chi connectivity index (χ3v) is 10.9. The first-order chi connectivity index (χ1) is 21.3. The van der Waals surface area contributed by atoms with Gasteiger partial charge in [-0.15, -0.1) is 0 Å². The van der Waals surface area contributed by atoms with Gasteiger partial charge >= 0.3 is 0 Å². The topological polar surface area (TPSA) is 86.8 Å². The van der Waals surface area contributed by atoms with Gasteiger partial charge in [0.1, 0.15) is 6.04 Å². The number of rotatable bonds is 11. The Hall–Kier alpha value is -4.17. The molecule has 1 heterocycles. The second-order valence-corrected chi connectivity index (χ2v) is 13.8. The van der Waals surface area contributed by atoms with Gasteiger partial charge in [-0.1, -0.05) is 91.7 Å². The Morgan fingerprint density at radius 2 is 1.61 bits per heavy atom. The van der Waals surface area contributed by atoms with Gasteiger partial charge in [0.15, 0.2) is 0 Å². The number of aryl methyl sites for hydroxylation is 1. The molecule has 7 nitrogen and oxygen atoms in total. The van der Waals surface area contributed by atoms with Gasteiger partial charge in [-0.05, 0) is 60.4 Å². The van der Waals surface area contributed by atoms with Crippen molar-refractivity contribution in [1.29, 1.82) is 0 Å². The number of hydrogen-bond acceptors (Lipinski definition) is 4. The van der Waals surface area contributed by atoms with Crippen molar-refractivity contribution in [2.24, 2.45) is 0 Å². The highest BCUT2D eigenvalue weighted by Crippen LogP contribution is 2.42. The van der Waals surface area contributed by atoms with Gasteiger partial charge in [-0.3, -0.25) is 13.9 Å². The van der Waals surface area contributed by atoms with Crippen molar-refractivity contribution in [3.8, 4) is 0 Å². The molecule has 0 aromatic heterocycles. The van der Waals surface area contributed by atoms with E-state index in [-0.39, 0.29) is 30.8 Å². The maximum atomic E-state index is 14.2. The number of anilines is 1. The number of nitrogens with zero attached hydrogens (tertiary/aromatic N) is 2. The van der Waals surface area contributed by atoms with Gasteiger partial charge < -0.3 is 10.2 Å². The van der Waals surface area contributed by atoms with E-state index in [1.165, 1.54) is 4.31 Å². The zero-order chi connectivity index (χ0) is 30.7. The minimum Gasteiger partial charge on any atom is -0.352 e. The predicted octanol–water partition coefficient (Wildman–Crippen LogP) is 6.14. The van der Waals surface area contributed by atoms with Crippen molar-refractivity contribution >= 4 is 38.3 Å². The third kappa shape index (κ3) is 6.09. The molecule has 1 aliphatic carbocycles. The quantitative estimate of drug-likeness (QED) is 0.222. The lowest BCUT2D eigenvalue weighted by atomic mass is 10.0. The monoisotopic (exact) mass is 609 g/mol. The van der Waals surface area contributed by atoms with Crippen LogP contribution in [-0.2, 0) is 32.6 Å². The molecule has 1 saturated carbocycles. The van der Waals surface area contributed by atoms with E-state index in [1.807, 2.05) is 85.8 Å². The van der Waals surface area contributed by atoms with Crippen LogP contribution in [0.2, 0.25) is 0 Å². The molecule has 1 fully saturated rings. The van der Waals surface area contributed by atoms with Crippen LogP contribution in [0, 0.1) is 6.92 Å². The van der Waals surface area contributed by atoms with Crippen molar-refractivity contribution in [1.82, 2.24) is 10.2 Å². The van der Waals surface area contributed by atoms with E-state index < -0.39 is 16.1 Å². The van der Waals surface area contributed by atoms with Crippen molar-refractivity contribution in [3.63, 3.8) is 0 Å². The molecule has 1 N–H and O–H groups in total. The van der Waals surface area contributed by atoms with Crippen molar-refractivity contribution in [3.05, 3.63) is 108 Å².